The lowest BCUT2D eigenvalue weighted by molar-refractivity contribution is -0.123. The van der Waals surface area contributed by atoms with Crippen LogP contribution in [0.5, 0.6) is 0 Å². The van der Waals surface area contributed by atoms with Gasteiger partial charge in [-0.25, -0.2) is 0 Å². The third kappa shape index (κ3) is 2.98. The molecule has 2 N–H and O–H groups in total. The zero-order chi connectivity index (χ0) is 14.8. The molecule has 0 spiro atoms. The van der Waals surface area contributed by atoms with Crippen LogP contribution in [-0.4, -0.2) is 24.5 Å². The van der Waals surface area contributed by atoms with E-state index < -0.39 is 0 Å². The number of hydrogen-bond donors (Lipinski definition) is 2. The van der Waals surface area contributed by atoms with Crippen molar-refractivity contribution in [3.8, 4) is 0 Å². The van der Waals surface area contributed by atoms with Crippen LogP contribution in [0.25, 0.3) is 0 Å². The van der Waals surface area contributed by atoms with E-state index in [2.05, 4.69) is 34.9 Å². The van der Waals surface area contributed by atoms with Crippen LogP contribution in [0.1, 0.15) is 37.8 Å². The van der Waals surface area contributed by atoms with Gasteiger partial charge in [0.15, 0.2) is 0 Å². The fraction of sp³-hybridized carbons (Fsp3) is 0.611. The van der Waals surface area contributed by atoms with Crippen molar-refractivity contribution in [2.24, 2.45) is 11.8 Å². The van der Waals surface area contributed by atoms with Crippen molar-refractivity contribution in [3.05, 3.63) is 35.4 Å². The summed E-state index contributed by atoms with van der Waals surface area (Å²) in [5, 5.41) is 6.54. The Hall–Kier alpha value is -1.35. The van der Waals surface area contributed by atoms with Crippen molar-refractivity contribution in [2.45, 2.75) is 51.6 Å². The number of likely N-dealkylation sites (N-methyl/N-ethyl adjacent to an activating group) is 1. The third-order valence-corrected chi connectivity index (χ3v) is 5.19. The highest BCUT2D eigenvalue weighted by Crippen LogP contribution is 2.40. The van der Waals surface area contributed by atoms with Crippen LogP contribution in [0.15, 0.2) is 24.3 Å². The molecule has 3 rings (SSSR count). The average Bonchev–Trinajstić information content (AvgIpc) is 2.74. The van der Waals surface area contributed by atoms with Gasteiger partial charge in [0.05, 0.1) is 6.04 Å². The van der Waals surface area contributed by atoms with E-state index in [9.17, 15) is 4.79 Å². The van der Waals surface area contributed by atoms with E-state index in [1.54, 1.807) is 0 Å². The maximum Gasteiger partial charge on any atom is 0.236 e. The van der Waals surface area contributed by atoms with Gasteiger partial charge in [0, 0.05) is 12.6 Å². The maximum atomic E-state index is 12.0. The zero-order valence-corrected chi connectivity index (χ0v) is 13.1. The summed E-state index contributed by atoms with van der Waals surface area (Å²) in [5.74, 6) is 1.48. The van der Waals surface area contributed by atoms with Crippen molar-refractivity contribution in [3.63, 3.8) is 0 Å². The van der Waals surface area contributed by atoms with Crippen LogP contribution in [0.3, 0.4) is 0 Å². The van der Waals surface area contributed by atoms with E-state index in [0.717, 1.165) is 12.8 Å². The molecule has 1 amide bonds. The summed E-state index contributed by atoms with van der Waals surface area (Å²) in [6.45, 7) is 4.66. The number of carbonyl (C=O) groups excluding carboxylic acids is 1. The summed E-state index contributed by atoms with van der Waals surface area (Å²) < 4.78 is 0. The van der Waals surface area contributed by atoms with Crippen LogP contribution in [0.4, 0.5) is 0 Å². The van der Waals surface area contributed by atoms with Gasteiger partial charge in [0.25, 0.3) is 0 Å². The second-order valence-electron chi connectivity index (χ2n) is 6.58. The summed E-state index contributed by atoms with van der Waals surface area (Å²) in [6, 6.07) is 9.24. The first kappa shape index (κ1) is 14.6. The van der Waals surface area contributed by atoms with Crippen molar-refractivity contribution in [1.29, 1.82) is 0 Å². The Morgan fingerprint density at radius 3 is 2.29 bits per heavy atom. The van der Waals surface area contributed by atoms with Gasteiger partial charge >= 0.3 is 0 Å². The number of carbonyl (C=O) groups is 1. The molecule has 0 radical (unpaired) electrons. The summed E-state index contributed by atoms with van der Waals surface area (Å²) in [6.07, 6.45) is 4.90. The number of fused-ring (bicyclic) bond motifs is 3. The van der Waals surface area contributed by atoms with Crippen molar-refractivity contribution < 1.29 is 4.79 Å². The summed E-state index contributed by atoms with van der Waals surface area (Å²) in [5.41, 5.74) is 3.03. The van der Waals surface area contributed by atoms with Gasteiger partial charge in [-0.15, -0.1) is 0 Å². The van der Waals surface area contributed by atoms with Crippen molar-refractivity contribution in [1.82, 2.24) is 10.6 Å². The largest absolute Gasteiger partial charge is 0.355 e. The lowest BCUT2D eigenvalue weighted by atomic mass is 9.94. The van der Waals surface area contributed by atoms with Crippen molar-refractivity contribution >= 4 is 5.91 Å². The highest BCUT2D eigenvalue weighted by atomic mass is 16.2. The highest BCUT2D eigenvalue weighted by molar-refractivity contribution is 5.81. The molecule has 1 aromatic carbocycles. The Labute approximate surface area is 127 Å². The number of amides is 1. The number of hydrogen-bond acceptors (Lipinski definition) is 2. The van der Waals surface area contributed by atoms with Crippen LogP contribution in [0.2, 0.25) is 0 Å². The fourth-order valence-corrected chi connectivity index (χ4v) is 4.11. The second-order valence-corrected chi connectivity index (χ2v) is 6.58. The third-order valence-electron chi connectivity index (χ3n) is 5.19. The van der Waals surface area contributed by atoms with Crippen LogP contribution in [0, 0.1) is 11.8 Å². The first-order chi connectivity index (χ1) is 10.2. The molecule has 2 aliphatic carbocycles. The predicted molar refractivity (Wildman–Crippen MR) is 85.1 cm³/mol. The minimum atomic E-state index is -0.0979. The predicted octanol–water partition coefficient (Wildman–Crippen LogP) is 2.29. The Balaban J connectivity index is 1.72. The Morgan fingerprint density at radius 1 is 1.19 bits per heavy atom. The lowest BCUT2D eigenvalue weighted by Crippen LogP contribution is -2.50. The van der Waals surface area contributed by atoms with Crippen LogP contribution in [-0.2, 0) is 17.6 Å². The topological polar surface area (TPSA) is 41.1 Å². The normalized spacial score (nSPS) is 28.6. The maximum absolute atomic E-state index is 12.0. The molecule has 3 heteroatoms. The first-order valence-electron chi connectivity index (χ1n) is 8.29. The average molecular weight is 286 g/mol. The number of nitrogens with one attached hydrogen (secondary N) is 2. The van der Waals surface area contributed by atoms with E-state index in [0.29, 0.717) is 24.4 Å². The Morgan fingerprint density at radius 2 is 1.76 bits per heavy atom. The Kier molecular flexibility index (Phi) is 4.29. The van der Waals surface area contributed by atoms with Gasteiger partial charge in [-0.3, -0.25) is 4.79 Å². The summed E-state index contributed by atoms with van der Waals surface area (Å²) in [4.78, 5) is 12.0. The molecule has 3 atom stereocenters. The molecule has 3 nitrogen and oxygen atoms in total. The van der Waals surface area contributed by atoms with Crippen molar-refractivity contribution in [2.75, 3.05) is 6.54 Å². The molecule has 21 heavy (non-hydrogen) atoms. The molecule has 1 saturated carbocycles. The monoisotopic (exact) mass is 286 g/mol. The molecule has 114 valence electrons. The standard InChI is InChI=1S/C18H26N2O/c1-3-19-18(21)12(2)20-17-15-8-9-16(17)11-14-7-5-4-6-13(14)10-15/h4-7,12,15-17,20H,3,8-11H2,1-2H3,(H,19,21). The molecular weight excluding hydrogens is 260 g/mol. The molecule has 2 bridgehead atoms. The lowest BCUT2D eigenvalue weighted by Gasteiger charge is -2.27. The Bertz CT molecular complexity index is 481. The van der Waals surface area contributed by atoms with Gasteiger partial charge in [-0.1, -0.05) is 24.3 Å². The molecule has 0 aliphatic heterocycles. The molecule has 0 heterocycles. The van der Waals surface area contributed by atoms with E-state index in [4.69, 9.17) is 0 Å². The van der Waals surface area contributed by atoms with E-state index in [1.165, 1.54) is 24.0 Å². The molecule has 3 unspecified atom stereocenters. The zero-order valence-electron chi connectivity index (χ0n) is 13.1. The van der Waals surface area contributed by atoms with Gasteiger partial charge < -0.3 is 10.6 Å². The quantitative estimate of drug-likeness (QED) is 0.891. The number of benzene rings is 1. The number of rotatable bonds is 4. The van der Waals surface area contributed by atoms with E-state index in [-0.39, 0.29) is 11.9 Å². The molecule has 2 aliphatic rings. The second kappa shape index (κ2) is 6.18. The minimum absolute atomic E-state index is 0.0979. The highest BCUT2D eigenvalue weighted by Gasteiger charge is 2.39. The molecule has 0 aromatic heterocycles. The van der Waals surface area contributed by atoms with Crippen LogP contribution < -0.4 is 10.6 Å². The fourth-order valence-electron chi connectivity index (χ4n) is 4.11. The first-order valence-corrected chi connectivity index (χ1v) is 8.29. The molecule has 1 fully saturated rings. The van der Waals surface area contributed by atoms with E-state index in [1.807, 2.05) is 13.8 Å². The molecule has 0 saturated heterocycles. The summed E-state index contributed by atoms with van der Waals surface area (Å²) >= 11 is 0. The van der Waals surface area contributed by atoms with Crippen LogP contribution >= 0.6 is 0 Å². The summed E-state index contributed by atoms with van der Waals surface area (Å²) in [7, 11) is 0. The smallest absolute Gasteiger partial charge is 0.236 e. The van der Waals surface area contributed by atoms with E-state index >= 15 is 0 Å². The van der Waals surface area contributed by atoms with Gasteiger partial charge in [-0.05, 0) is 62.5 Å². The minimum Gasteiger partial charge on any atom is -0.355 e. The van der Waals surface area contributed by atoms with Gasteiger partial charge in [-0.2, -0.15) is 0 Å². The molecule has 1 aromatic rings. The molecular formula is C18H26N2O. The van der Waals surface area contributed by atoms with Gasteiger partial charge in [0.2, 0.25) is 5.91 Å². The SMILES string of the molecule is CCNC(=O)C(C)NC1C2CCC1Cc1ccccc1C2. The van der Waals surface area contributed by atoms with Gasteiger partial charge in [0.1, 0.15) is 0 Å².